The Balaban J connectivity index is 1.94. The van der Waals surface area contributed by atoms with Crippen molar-refractivity contribution in [2.45, 2.75) is 12.7 Å². The topological polar surface area (TPSA) is 64.4 Å². The van der Waals surface area contributed by atoms with E-state index in [2.05, 4.69) is 5.10 Å². The van der Waals surface area contributed by atoms with Gasteiger partial charge >= 0.3 is 6.18 Å². The monoisotopic (exact) mass is 364 g/mol. The van der Waals surface area contributed by atoms with Crippen LogP contribution in [0.5, 0.6) is 5.75 Å². The second kappa shape index (κ2) is 7.17. The van der Waals surface area contributed by atoms with E-state index in [4.69, 9.17) is 9.84 Å². The molecule has 0 aliphatic carbocycles. The normalized spacial score (nSPS) is 11.7. The summed E-state index contributed by atoms with van der Waals surface area (Å²) in [5.41, 5.74) is 0.281. The van der Waals surface area contributed by atoms with Gasteiger partial charge in [-0.05, 0) is 35.9 Å². The molecule has 0 amide bonds. The van der Waals surface area contributed by atoms with Gasteiger partial charge in [-0.1, -0.05) is 6.07 Å². The number of aliphatic hydroxyl groups is 1. The molecule has 0 atom stereocenters. The van der Waals surface area contributed by atoms with Gasteiger partial charge in [0.15, 0.2) is 0 Å². The molecule has 5 nitrogen and oxygen atoms in total. The van der Waals surface area contributed by atoms with Crippen LogP contribution in [0.4, 0.5) is 13.2 Å². The highest BCUT2D eigenvalue weighted by atomic mass is 19.4. The summed E-state index contributed by atoms with van der Waals surface area (Å²) in [7, 11) is 0. The molecule has 0 spiro atoms. The average Bonchev–Trinajstić information content (AvgIpc) is 3.01. The van der Waals surface area contributed by atoms with E-state index in [0.717, 1.165) is 6.07 Å². The first-order valence-electron chi connectivity index (χ1n) is 7.77. The summed E-state index contributed by atoms with van der Waals surface area (Å²) < 4.78 is 46.6. The van der Waals surface area contributed by atoms with Gasteiger partial charge in [-0.15, -0.1) is 0 Å². The quantitative estimate of drug-likeness (QED) is 0.682. The van der Waals surface area contributed by atoms with Gasteiger partial charge in [0.1, 0.15) is 18.6 Å². The Labute approximate surface area is 146 Å². The molecule has 26 heavy (non-hydrogen) atoms. The van der Waals surface area contributed by atoms with Crippen LogP contribution >= 0.6 is 0 Å². The second-order valence-electron chi connectivity index (χ2n) is 5.65. The Morgan fingerprint density at radius 3 is 2.69 bits per heavy atom. The predicted octanol–water partition coefficient (Wildman–Crippen LogP) is 3.29. The second-order valence-corrected chi connectivity index (χ2v) is 5.65. The maximum atomic E-state index is 13.4. The largest absolute Gasteiger partial charge is 0.491 e. The van der Waals surface area contributed by atoms with Crippen LogP contribution in [0.3, 0.4) is 0 Å². The average molecular weight is 364 g/mol. The van der Waals surface area contributed by atoms with Crippen LogP contribution in [-0.2, 0) is 12.7 Å². The summed E-state index contributed by atoms with van der Waals surface area (Å²) in [5.74, 6) is 0.0383. The molecule has 3 rings (SSSR count). The van der Waals surface area contributed by atoms with Gasteiger partial charge in [-0.3, -0.25) is 9.48 Å². The van der Waals surface area contributed by atoms with Crippen LogP contribution in [0, 0.1) is 0 Å². The number of hydrogen-bond acceptors (Lipinski definition) is 4. The van der Waals surface area contributed by atoms with Crippen LogP contribution in [-0.4, -0.2) is 34.4 Å². The molecule has 1 N–H and O–H groups in total. The van der Waals surface area contributed by atoms with Crippen LogP contribution in [0.15, 0.2) is 42.6 Å². The standard InChI is InChI=1S/C18H15F3N2O3/c19-18(20,21)16-8-15(26-6-5-24)3-2-13(16)9-23-10-14-7-12(11-25)1-4-17(14)22-23/h1-4,7-8,10-11,24H,5-6,9H2. The molecular formula is C18H15F3N2O3. The summed E-state index contributed by atoms with van der Waals surface area (Å²) >= 11 is 0. The molecule has 0 unspecified atom stereocenters. The number of ether oxygens (including phenoxy) is 1. The van der Waals surface area contributed by atoms with Crippen LogP contribution in [0.25, 0.3) is 10.9 Å². The highest BCUT2D eigenvalue weighted by Gasteiger charge is 2.34. The first kappa shape index (κ1) is 17.9. The van der Waals surface area contributed by atoms with Gasteiger partial charge in [0.2, 0.25) is 0 Å². The molecule has 0 aliphatic heterocycles. The summed E-state index contributed by atoms with van der Waals surface area (Å²) in [5, 5.41) is 13.7. The number of hydrogen-bond donors (Lipinski definition) is 1. The van der Waals surface area contributed by atoms with E-state index in [1.807, 2.05) is 0 Å². The van der Waals surface area contributed by atoms with Crippen molar-refractivity contribution < 1.29 is 27.8 Å². The van der Waals surface area contributed by atoms with Crippen LogP contribution < -0.4 is 4.74 Å². The van der Waals surface area contributed by atoms with Gasteiger partial charge in [0.25, 0.3) is 0 Å². The van der Waals surface area contributed by atoms with E-state index in [0.29, 0.717) is 22.8 Å². The van der Waals surface area contributed by atoms with Gasteiger partial charge in [-0.2, -0.15) is 18.3 Å². The molecule has 3 aromatic rings. The third-order valence-electron chi connectivity index (χ3n) is 3.79. The van der Waals surface area contributed by atoms with Crippen LogP contribution in [0.2, 0.25) is 0 Å². The molecule has 0 bridgehead atoms. The zero-order chi connectivity index (χ0) is 18.7. The molecule has 2 aromatic carbocycles. The van der Waals surface area contributed by atoms with Gasteiger partial charge in [0, 0.05) is 17.1 Å². The number of nitrogens with zero attached hydrogens (tertiary/aromatic N) is 2. The minimum atomic E-state index is -4.55. The molecule has 1 heterocycles. The lowest BCUT2D eigenvalue weighted by Crippen LogP contribution is -2.13. The van der Waals surface area contributed by atoms with E-state index in [1.54, 1.807) is 24.4 Å². The maximum absolute atomic E-state index is 13.4. The number of alkyl halides is 3. The van der Waals surface area contributed by atoms with Crippen molar-refractivity contribution in [2.75, 3.05) is 13.2 Å². The highest BCUT2D eigenvalue weighted by molar-refractivity contribution is 5.86. The van der Waals surface area contributed by atoms with E-state index < -0.39 is 11.7 Å². The van der Waals surface area contributed by atoms with Crippen LogP contribution in [0.1, 0.15) is 21.5 Å². The molecule has 0 fully saturated rings. The fourth-order valence-corrected chi connectivity index (χ4v) is 2.63. The van der Waals surface area contributed by atoms with Crippen molar-refractivity contribution in [3.8, 4) is 5.75 Å². The Morgan fingerprint density at radius 1 is 1.19 bits per heavy atom. The molecule has 1 aromatic heterocycles. The van der Waals surface area contributed by atoms with Gasteiger partial charge < -0.3 is 9.84 Å². The number of fused-ring (bicyclic) bond motifs is 1. The number of halogens is 3. The van der Waals surface area contributed by atoms with Crippen molar-refractivity contribution in [1.29, 1.82) is 0 Å². The summed E-state index contributed by atoms with van der Waals surface area (Å²) in [6.45, 7) is -0.452. The molecular weight excluding hydrogens is 349 g/mol. The molecule has 0 radical (unpaired) electrons. The fourth-order valence-electron chi connectivity index (χ4n) is 2.63. The summed E-state index contributed by atoms with van der Waals surface area (Å²) in [6.07, 6.45) is -2.26. The lowest BCUT2D eigenvalue weighted by atomic mass is 10.1. The molecule has 136 valence electrons. The summed E-state index contributed by atoms with van der Waals surface area (Å²) in [4.78, 5) is 10.8. The molecule has 0 aliphatic rings. The maximum Gasteiger partial charge on any atom is 0.416 e. The Hall–Kier alpha value is -2.87. The lowest BCUT2D eigenvalue weighted by molar-refractivity contribution is -0.138. The van der Waals surface area contributed by atoms with E-state index in [-0.39, 0.29) is 31.1 Å². The zero-order valence-corrected chi connectivity index (χ0v) is 13.5. The van der Waals surface area contributed by atoms with Crippen molar-refractivity contribution >= 4 is 17.2 Å². The van der Waals surface area contributed by atoms with E-state index >= 15 is 0 Å². The summed E-state index contributed by atoms with van der Waals surface area (Å²) in [6, 6.07) is 8.54. The smallest absolute Gasteiger partial charge is 0.416 e. The number of carbonyl (C=O) groups excluding carboxylic acids is 1. The third-order valence-corrected chi connectivity index (χ3v) is 3.79. The fraction of sp³-hybridized carbons (Fsp3) is 0.222. The van der Waals surface area contributed by atoms with E-state index in [9.17, 15) is 18.0 Å². The SMILES string of the molecule is O=Cc1ccc2nn(Cc3ccc(OCCO)cc3C(F)(F)F)cc2c1. The number of carbonyl (C=O) groups is 1. The van der Waals surface area contributed by atoms with Crippen molar-refractivity contribution in [3.63, 3.8) is 0 Å². The van der Waals surface area contributed by atoms with Crippen molar-refractivity contribution in [2.24, 2.45) is 0 Å². The number of aromatic nitrogens is 2. The van der Waals surface area contributed by atoms with Gasteiger partial charge in [-0.25, -0.2) is 0 Å². The first-order chi connectivity index (χ1) is 12.4. The van der Waals surface area contributed by atoms with Crippen molar-refractivity contribution in [1.82, 2.24) is 9.78 Å². The molecule has 8 heteroatoms. The third kappa shape index (κ3) is 3.85. The number of rotatable bonds is 6. The minimum Gasteiger partial charge on any atom is -0.491 e. The Bertz CT molecular complexity index is 935. The Kier molecular flexibility index (Phi) is 4.94. The highest BCUT2D eigenvalue weighted by Crippen LogP contribution is 2.35. The lowest BCUT2D eigenvalue weighted by Gasteiger charge is -2.15. The minimum absolute atomic E-state index is 0.0383. The number of aliphatic hydroxyl groups excluding tert-OH is 1. The molecule has 0 saturated heterocycles. The number of aldehydes is 1. The first-order valence-corrected chi connectivity index (χ1v) is 7.77. The van der Waals surface area contributed by atoms with E-state index in [1.165, 1.54) is 16.8 Å². The Morgan fingerprint density at radius 2 is 2.00 bits per heavy atom. The molecule has 0 saturated carbocycles. The number of benzene rings is 2. The van der Waals surface area contributed by atoms with Gasteiger partial charge in [0.05, 0.1) is 24.2 Å². The zero-order valence-electron chi connectivity index (χ0n) is 13.5. The van der Waals surface area contributed by atoms with Crippen molar-refractivity contribution in [3.05, 3.63) is 59.3 Å². The predicted molar refractivity (Wildman–Crippen MR) is 88.2 cm³/mol.